The Balaban J connectivity index is 1.68. The fourth-order valence-electron chi connectivity index (χ4n) is 5.42. The van der Waals surface area contributed by atoms with Gasteiger partial charge in [-0.3, -0.25) is 9.59 Å². The Morgan fingerprint density at radius 3 is 2.31 bits per heavy atom. The number of ketones is 1. The molecule has 1 aliphatic rings. The molecule has 0 spiro atoms. The van der Waals surface area contributed by atoms with Crippen molar-refractivity contribution in [1.82, 2.24) is 9.80 Å². The lowest BCUT2D eigenvalue weighted by Gasteiger charge is -2.28. The van der Waals surface area contributed by atoms with Gasteiger partial charge in [-0.1, -0.05) is 58.0 Å². The summed E-state index contributed by atoms with van der Waals surface area (Å²) >= 11 is 0. The van der Waals surface area contributed by atoms with E-state index in [1.54, 1.807) is 48.4 Å². The lowest BCUT2D eigenvalue weighted by Crippen LogP contribution is -2.38. The number of amides is 1. The molecule has 1 heterocycles. The van der Waals surface area contributed by atoms with Gasteiger partial charge in [0.15, 0.2) is 11.5 Å². The number of Topliss-reactive ketones (excluding diaryl/α,β-unsaturated/α-hetero) is 1. The van der Waals surface area contributed by atoms with E-state index in [-0.39, 0.29) is 11.3 Å². The molecule has 1 unspecified atom stereocenters. The van der Waals surface area contributed by atoms with Gasteiger partial charge in [0.2, 0.25) is 0 Å². The summed E-state index contributed by atoms with van der Waals surface area (Å²) in [5.41, 5.74) is 3.35. The van der Waals surface area contributed by atoms with Crippen LogP contribution in [0.1, 0.15) is 62.4 Å². The maximum absolute atomic E-state index is 13.6. The van der Waals surface area contributed by atoms with E-state index in [1.165, 1.54) is 0 Å². The van der Waals surface area contributed by atoms with Crippen LogP contribution >= 0.6 is 0 Å². The number of rotatable bonds is 15. The van der Waals surface area contributed by atoms with Gasteiger partial charge in [0.25, 0.3) is 11.7 Å². The summed E-state index contributed by atoms with van der Waals surface area (Å²) in [6.45, 7) is 13.9. The van der Waals surface area contributed by atoms with Crippen molar-refractivity contribution in [2.24, 2.45) is 5.92 Å². The molecule has 8 heteroatoms. The highest BCUT2D eigenvalue weighted by Gasteiger charge is 2.46. The molecule has 1 atom stereocenters. The van der Waals surface area contributed by atoms with E-state index in [4.69, 9.17) is 14.2 Å². The fraction of sp³-hybridized carbons (Fsp3) is 0.405. The van der Waals surface area contributed by atoms with Gasteiger partial charge >= 0.3 is 0 Å². The van der Waals surface area contributed by atoms with Crippen molar-refractivity contribution in [1.29, 1.82) is 0 Å². The number of hydrogen-bond acceptors (Lipinski definition) is 7. The number of ether oxygens (including phenoxy) is 3. The molecule has 1 amide bonds. The number of benzene rings is 3. The quantitative estimate of drug-likeness (QED) is 0.115. The monoisotopic (exact) mass is 614 g/mol. The summed E-state index contributed by atoms with van der Waals surface area (Å²) in [7, 11) is 1.56. The van der Waals surface area contributed by atoms with Gasteiger partial charge in [-0.2, -0.15) is 0 Å². The first-order chi connectivity index (χ1) is 21.7. The van der Waals surface area contributed by atoms with Crippen LogP contribution in [0.3, 0.4) is 0 Å². The minimum atomic E-state index is -0.795. The second kappa shape index (κ2) is 15.6. The van der Waals surface area contributed by atoms with Crippen LogP contribution < -0.4 is 14.2 Å². The molecule has 0 bridgehead atoms. The van der Waals surface area contributed by atoms with Crippen molar-refractivity contribution in [2.75, 3.05) is 39.9 Å². The lowest BCUT2D eigenvalue weighted by molar-refractivity contribution is -0.140. The average Bonchev–Trinajstić information content (AvgIpc) is 3.30. The van der Waals surface area contributed by atoms with Crippen LogP contribution in [0.5, 0.6) is 17.2 Å². The van der Waals surface area contributed by atoms with Crippen LogP contribution in [-0.2, 0) is 16.2 Å². The second-order valence-electron chi connectivity index (χ2n) is 11.7. The highest BCUT2D eigenvalue weighted by Crippen LogP contribution is 2.42. The maximum atomic E-state index is 13.6. The highest BCUT2D eigenvalue weighted by molar-refractivity contribution is 6.46. The molecule has 8 nitrogen and oxygen atoms in total. The lowest BCUT2D eigenvalue weighted by atomic mass is 9.95. The van der Waals surface area contributed by atoms with E-state index in [2.05, 4.69) is 32.6 Å². The third-order valence-corrected chi connectivity index (χ3v) is 8.33. The van der Waals surface area contributed by atoms with Crippen molar-refractivity contribution < 1.29 is 28.9 Å². The van der Waals surface area contributed by atoms with Gasteiger partial charge in [0, 0.05) is 18.7 Å². The summed E-state index contributed by atoms with van der Waals surface area (Å²) in [4.78, 5) is 30.8. The molecule has 1 aliphatic heterocycles. The van der Waals surface area contributed by atoms with Crippen LogP contribution in [-0.4, -0.2) is 66.5 Å². The molecule has 0 aromatic heterocycles. The first kappa shape index (κ1) is 33.6. The van der Waals surface area contributed by atoms with Gasteiger partial charge in [-0.05, 0) is 85.4 Å². The molecule has 3 aromatic rings. The van der Waals surface area contributed by atoms with Crippen LogP contribution in [0.2, 0.25) is 0 Å². The fourth-order valence-corrected chi connectivity index (χ4v) is 5.42. The Kier molecular flexibility index (Phi) is 11.7. The third kappa shape index (κ3) is 8.05. The summed E-state index contributed by atoms with van der Waals surface area (Å²) in [5, 5.41) is 11.6. The van der Waals surface area contributed by atoms with E-state index in [1.807, 2.05) is 37.3 Å². The summed E-state index contributed by atoms with van der Waals surface area (Å²) in [5.74, 6) is 0.629. The summed E-state index contributed by atoms with van der Waals surface area (Å²) in [6.07, 6.45) is 0.895. The molecule has 45 heavy (non-hydrogen) atoms. The molecule has 1 saturated heterocycles. The Labute approximate surface area is 267 Å². The number of carbonyl (C=O) groups excluding carboxylic acids is 2. The molecule has 4 rings (SSSR count). The Hall–Kier alpha value is -4.30. The number of likely N-dealkylation sites (tertiary alicyclic amines) is 1. The molecule has 1 N–H and O–H groups in total. The molecular formula is C37H46N2O6. The standard InChI is InChI=1S/C37H46N2O6/c1-7-38(8-2)20-21-39-34(28-15-18-31(32(23-28)43-6)44-22-19-25(3)4)33(36(41)37(39)42)35(40)27-13-16-30(17-14-27)45-24-29-12-10-9-11-26(29)5/h9-18,23,25,34,40H,7-8,19-22,24H2,1-6H3. The molecule has 240 valence electrons. The van der Waals surface area contributed by atoms with Crippen LogP contribution in [0.25, 0.3) is 5.76 Å². The highest BCUT2D eigenvalue weighted by atomic mass is 16.5. The predicted molar refractivity (Wildman–Crippen MR) is 177 cm³/mol. The predicted octanol–water partition coefficient (Wildman–Crippen LogP) is 6.77. The zero-order chi connectivity index (χ0) is 32.5. The smallest absolute Gasteiger partial charge is 0.295 e. The molecule has 0 radical (unpaired) electrons. The van der Waals surface area contributed by atoms with E-state index in [0.717, 1.165) is 30.6 Å². The van der Waals surface area contributed by atoms with E-state index < -0.39 is 17.7 Å². The molecule has 0 aliphatic carbocycles. The summed E-state index contributed by atoms with van der Waals surface area (Å²) in [6, 6.07) is 19.6. The van der Waals surface area contributed by atoms with E-state index in [9.17, 15) is 14.7 Å². The number of aryl methyl sites for hydroxylation is 1. The van der Waals surface area contributed by atoms with E-state index >= 15 is 0 Å². The van der Waals surface area contributed by atoms with Crippen LogP contribution in [0.4, 0.5) is 0 Å². The first-order valence-electron chi connectivity index (χ1n) is 15.8. The first-order valence-corrected chi connectivity index (χ1v) is 15.8. The van der Waals surface area contributed by atoms with Crippen LogP contribution in [0.15, 0.2) is 72.3 Å². The number of nitrogens with zero attached hydrogens (tertiary/aromatic N) is 2. The molecule has 3 aromatic carbocycles. The van der Waals surface area contributed by atoms with Crippen molar-refractivity contribution in [2.45, 2.75) is 53.7 Å². The molecular weight excluding hydrogens is 568 g/mol. The minimum Gasteiger partial charge on any atom is -0.507 e. The van der Waals surface area contributed by atoms with Crippen molar-refractivity contribution in [3.8, 4) is 17.2 Å². The minimum absolute atomic E-state index is 0.0451. The van der Waals surface area contributed by atoms with Crippen molar-refractivity contribution in [3.63, 3.8) is 0 Å². The second-order valence-corrected chi connectivity index (χ2v) is 11.7. The number of hydrogen-bond donors (Lipinski definition) is 1. The van der Waals surface area contributed by atoms with Crippen molar-refractivity contribution in [3.05, 3.63) is 94.6 Å². The molecule has 1 fully saturated rings. The Morgan fingerprint density at radius 2 is 1.67 bits per heavy atom. The van der Waals surface area contributed by atoms with Gasteiger partial charge in [-0.25, -0.2) is 0 Å². The Bertz CT molecular complexity index is 1490. The number of likely N-dealkylation sites (N-methyl/N-ethyl adjacent to an activating group) is 1. The number of carbonyl (C=O) groups is 2. The topological polar surface area (TPSA) is 88.5 Å². The summed E-state index contributed by atoms with van der Waals surface area (Å²) < 4.78 is 17.6. The van der Waals surface area contributed by atoms with Gasteiger partial charge in [0.05, 0.1) is 25.3 Å². The normalized spacial score (nSPS) is 16.1. The molecule has 0 saturated carbocycles. The van der Waals surface area contributed by atoms with Gasteiger partial charge < -0.3 is 29.1 Å². The SMILES string of the molecule is CCN(CC)CCN1C(=O)C(=O)C(=C(O)c2ccc(OCc3ccccc3C)cc2)C1c1ccc(OCCC(C)C)c(OC)c1. The zero-order valence-corrected chi connectivity index (χ0v) is 27.3. The van der Waals surface area contributed by atoms with Crippen molar-refractivity contribution >= 4 is 17.4 Å². The van der Waals surface area contributed by atoms with Gasteiger partial charge in [-0.15, -0.1) is 0 Å². The third-order valence-electron chi connectivity index (χ3n) is 8.33. The number of aliphatic hydroxyl groups excluding tert-OH is 1. The van der Waals surface area contributed by atoms with Gasteiger partial charge in [0.1, 0.15) is 18.1 Å². The maximum Gasteiger partial charge on any atom is 0.295 e. The average molecular weight is 615 g/mol. The van der Waals surface area contributed by atoms with E-state index in [0.29, 0.717) is 60.6 Å². The Morgan fingerprint density at radius 1 is 0.956 bits per heavy atom. The number of methoxy groups -OCH3 is 1. The number of aliphatic hydroxyl groups is 1. The zero-order valence-electron chi connectivity index (χ0n) is 27.3. The van der Waals surface area contributed by atoms with Crippen LogP contribution in [0, 0.1) is 12.8 Å². The largest absolute Gasteiger partial charge is 0.507 e.